The molecule has 3 atom stereocenters. The zero-order valence-electron chi connectivity index (χ0n) is 17.7. The first-order valence-corrected chi connectivity index (χ1v) is 10.5. The molecule has 0 spiro atoms. The minimum atomic E-state index is -1.34. The second kappa shape index (κ2) is 10.7. The van der Waals surface area contributed by atoms with Crippen molar-refractivity contribution in [3.8, 4) is 0 Å². The lowest BCUT2D eigenvalue weighted by atomic mass is 10.2. The smallest absolute Gasteiger partial charge is 0.313 e. The molecule has 0 bridgehead atoms. The summed E-state index contributed by atoms with van der Waals surface area (Å²) in [5, 5.41) is 0. The lowest BCUT2D eigenvalue weighted by Gasteiger charge is -2.33. The third kappa shape index (κ3) is 5.58. The molecule has 5 nitrogen and oxygen atoms in total. The Hall–Kier alpha value is -2.54. The summed E-state index contributed by atoms with van der Waals surface area (Å²) >= 11 is 0. The number of hydrogen-bond donors (Lipinski definition) is 0. The van der Waals surface area contributed by atoms with E-state index < -0.39 is 12.1 Å². The van der Waals surface area contributed by atoms with Gasteiger partial charge >= 0.3 is 5.97 Å². The molecule has 0 amide bonds. The molecule has 0 saturated carbocycles. The Labute approximate surface area is 183 Å². The molecular weight excluding hydrogens is 392 g/mol. The molecule has 31 heavy (non-hydrogen) atoms. The van der Waals surface area contributed by atoms with Crippen LogP contribution in [-0.2, 0) is 43.5 Å². The van der Waals surface area contributed by atoms with Crippen molar-refractivity contribution in [3.63, 3.8) is 0 Å². The van der Waals surface area contributed by atoms with Crippen LogP contribution in [0.5, 0.6) is 0 Å². The van der Waals surface area contributed by atoms with Crippen LogP contribution in [0.3, 0.4) is 0 Å². The topological polar surface area (TPSA) is 46.2 Å². The van der Waals surface area contributed by atoms with E-state index in [1.807, 2.05) is 91.0 Å². The van der Waals surface area contributed by atoms with Gasteiger partial charge in [0.1, 0.15) is 6.10 Å². The number of hydrogen-bond acceptors (Lipinski definition) is 5. The second-order valence-corrected chi connectivity index (χ2v) is 7.45. The Balaban J connectivity index is 1.48. The molecule has 4 rings (SSSR count). The van der Waals surface area contributed by atoms with E-state index >= 15 is 0 Å². The predicted molar refractivity (Wildman–Crippen MR) is 117 cm³/mol. The van der Waals surface area contributed by atoms with Crippen LogP contribution < -0.4 is 0 Å². The summed E-state index contributed by atoms with van der Waals surface area (Å²) in [5.41, 5.74) is 3.17. The summed E-state index contributed by atoms with van der Waals surface area (Å²) in [5.74, 6) is -1.34. The lowest BCUT2D eigenvalue weighted by molar-refractivity contribution is -0.389. The summed E-state index contributed by atoms with van der Waals surface area (Å²) in [4.78, 5) is 0. The summed E-state index contributed by atoms with van der Waals surface area (Å²) in [6.45, 7) is 1.51. The Kier molecular flexibility index (Phi) is 7.46. The van der Waals surface area contributed by atoms with E-state index in [1.165, 1.54) is 0 Å². The van der Waals surface area contributed by atoms with Crippen LogP contribution in [0, 0.1) is 0 Å². The van der Waals surface area contributed by atoms with Crippen LogP contribution in [0.25, 0.3) is 0 Å². The van der Waals surface area contributed by atoms with E-state index in [1.54, 1.807) is 7.11 Å². The highest BCUT2D eigenvalue weighted by Gasteiger charge is 2.54. The van der Waals surface area contributed by atoms with E-state index in [4.69, 9.17) is 23.7 Å². The maximum Gasteiger partial charge on any atom is 0.313 e. The first-order valence-electron chi connectivity index (χ1n) is 10.5. The SMILES string of the molecule is CO[C@]1(OCc2ccccc2)OC[C@H](OCc2ccccc2)[C@@H]1OCc1ccccc1. The third-order valence-electron chi connectivity index (χ3n) is 5.28. The van der Waals surface area contributed by atoms with Crippen molar-refractivity contribution in [2.45, 2.75) is 38.0 Å². The van der Waals surface area contributed by atoms with Gasteiger partial charge in [-0.15, -0.1) is 0 Å². The fourth-order valence-electron chi connectivity index (χ4n) is 3.59. The zero-order valence-corrected chi connectivity index (χ0v) is 17.7. The van der Waals surface area contributed by atoms with Gasteiger partial charge in [0.05, 0.1) is 26.4 Å². The first-order chi connectivity index (χ1) is 15.3. The molecule has 3 aromatic carbocycles. The Bertz CT molecular complexity index is 903. The number of rotatable bonds is 10. The molecule has 3 aromatic rings. The molecule has 1 aliphatic rings. The van der Waals surface area contributed by atoms with Gasteiger partial charge in [-0.1, -0.05) is 91.0 Å². The summed E-state index contributed by atoms with van der Waals surface area (Å²) in [6.07, 6.45) is -0.884. The van der Waals surface area contributed by atoms with Gasteiger partial charge in [-0.2, -0.15) is 0 Å². The molecule has 5 heteroatoms. The van der Waals surface area contributed by atoms with Crippen LogP contribution in [0.4, 0.5) is 0 Å². The highest BCUT2D eigenvalue weighted by molar-refractivity contribution is 5.15. The normalized spacial score (nSPS) is 23.1. The number of ether oxygens (including phenoxy) is 5. The van der Waals surface area contributed by atoms with Gasteiger partial charge in [0.15, 0.2) is 6.10 Å². The maximum absolute atomic E-state index is 6.29. The quantitative estimate of drug-likeness (QED) is 0.445. The van der Waals surface area contributed by atoms with Gasteiger partial charge in [0, 0.05) is 7.11 Å². The van der Waals surface area contributed by atoms with Crippen LogP contribution in [0.2, 0.25) is 0 Å². The summed E-state index contributed by atoms with van der Waals surface area (Å²) < 4.78 is 30.4. The highest BCUT2D eigenvalue weighted by Crippen LogP contribution is 2.35. The van der Waals surface area contributed by atoms with Crippen molar-refractivity contribution in [3.05, 3.63) is 108 Å². The Morgan fingerprint density at radius 3 is 1.71 bits per heavy atom. The van der Waals surface area contributed by atoms with Gasteiger partial charge in [0.2, 0.25) is 0 Å². The van der Waals surface area contributed by atoms with E-state index in [2.05, 4.69) is 0 Å². The maximum atomic E-state index is 6.29. The van der Waals surface area contributed by atoms with Gasteiger partial charge in [0.25, 0.3) is 0 Å². The average molecular weight is 421 g/mol. The van der Waals surface area contributed by atoms with Crippen LogP contribution in [-0.4, -0.2) is 31.9 Å². The summed E-state index contributed by atoms with van der Waals surface area (Å²) in [6, 6.07) is 30.0. The van der Waals surface area contributed by atoms with E-state index in [0.29, 0.717) is 26.4 Å². The van der Waals surface area contributed by atoms with Crippen molar-refractivity contribution >= 4 is 0 Å². The molecular formula is C26H28O5. The molecule has 1 heterocycles. The number of benzene rings is 3. The average Bonchev–Trinajstić information content (AvgIpc) is 3.20. The van der Waals surface area contributed by atoms with Gasteiger partial charge < -0.3 is 23.7 Å². The minimum absolute atomic E-state index is 0.314. The van der Waals surface area contributed by atoms with Gasteiger partial charge in [-0.25, -0.2) is 0 Å². The van der Waals surface area contributed by atoms with Crippen molar-refractivity contribution in [2.24, 2.45) is 0 Å². The van der Waals surface area contributed by atoms with Gasteiger partial charge in [-0.3, -0.25) is 0 Å². The van der Waals surface area contributed by atoms with Crippen LogP contribution >= 0.6 is 0 Å². The summed E-state index contributed by atoms with van der Waals surface area (Å²) in [7, 11) is 1.57. The highest BCUT2D eigenvalue weighted by atomic mass is 16.9. The molecule has 1 fully saturated rings. The fraction of sp³-hybridized carbons (Fsp3) is 0.308. The van der Waals surface area contributed by atoms with E-state index in [0.717, 1.165) is 16.7 Å². The molecule has 0 aromatic heterocycles. The lowest BCUT2D eigenvalue weighted by Crippen LogP contribution is -2.49. The van der Waals surface area contributed by atoms with Crippen molar-refractivity contribution < 1.29 is 23.7 Å². The van der Waals surface area contributed by atoms with Gasteiger partial charge in [-0.05, 0) is 16.7 Å². The van der Waals surface area contributed by atoms with Crippen molar-refractivity contribution in [1.29, 1.82) is 0 Å². The molecule has 1 aliphatic heterocycles. The van der Waals surface area contributed by atoms with E-state index in [9.17, 15) is 0 Å². The van der Waals surface area contributed by atoms with Crippen LogP contribution in [0.15, 0.2) is 91.0 Å². The largest absolute Gasteiger partial charge is 0.368 e. The molecule has 0 aliphatic carbocycles. The molecule has 0 N–H and O–H groups in total. The molecule has 1 saturated heterocycles. The molecule has 0 radical (unpaired) electrons. The van der Waals surface area contributed by atoms with Crippen molar-refractivity contribution in [1.82, 2.24) is 0 Å². The Morgan fingerprint density at radius 1 is 0.710 bits per heavy atom. The Morgan fingerprint density at radius 2 is 1.19 bits per heavy atom. The second-order valence-electron chi connectivity index (χ2n) is 7.45. The van der Waals surface area contributed by atoms with E-state index in [-0.39, 0.29) is 6.10 Å². The minimum Gasteiger partial charge on any atom is -0.368 e. The zero-order chi connectivity index (χ0) is 21.4. The molecule has 162 valence electrons. The predicted octanol–water partition coefficient (Wildman–Crippen LogP) is 4.70. The van der Waals surface area contributed by atoms with Crippen molar-refractivity contribution in [2.75, 3.05) is 13.7 Å². The van der Waals surface area contributed by atoms with Crippen LogP contribution in [0.1, 0.15) is 16.7 Å². The molecule has 0 unspecified atom stereocenters. The standard InChI is InChI=1S/C26H28O5/c1-27-26(30-19-23-15-9-4-10-16-23)25(29-18-22-13-7-3-8-14-22)24(20-31-26)28-17-21-11-5-2-6-12-21/h2-16,24-25H,17-20H2,1H3/t24-,25-,26+/m0/s1. The fourth-order valence-corrected chi connectivity index (χ4v) is 3.59. The monoisotopic (exact) mass is 420 g/mol. The number of methoxy groups -OCH3 is 1. The third-order valence-corrected chi connectivity index (χ3v) is 5.28. The first kappa shape index (κ1) is 21.7.